The van der Waals surface area contributed by atoms with Crippen LogP contribution in [0.5, 0.6) is 0 Å². The summed E-state index contributed by atoms with van der Waals surface area (Å²) < 4.78 is 5.42. The van der Waals surface area contributed by atoms with Crippen LogP contribution in [0.1, 0.15) is 24.1 Å². The molecule has 3 rings (SSSR count). The van der Waals surface area contributed by atoms with Crippen LogP contribution < -0.4 is 5.32 Å². The van der Waals surface area contributed by atoms with Gasteiger partial charge in [-0.25, -0.2) is 0 Å². The van der Waals surface area contributed by atoms with Crippen LogP contribution in [0.2, 0.25) is 0 Å². The molecule has 0 aliphatic carbocycles. The fourth-order valence-corrected chi connectivity index (χ4v) is 3.50. The van der Waals surface area contributed by atoms with Gasteiger partial charge in [0.1, 0.15) is 0 Å². The SMILES string of the molecule is CSc1ccc(/C=C/C(=O)Nc2ccc(C(C)N3CCOCC3)cc2)cc1. The lowest BCUT2D eigenvalue weighted by molar-refractivity contribution is -0.111. The summed E-state index contributed by atoms with van der Waals surface area (Å²) in [4.78, 5) is 15.8. The second-order valence-corrected chi connectivity index (χ2v) is 7.42. The number of benzene rings is 2. The van der Waals surface area contributed by atoms with E-state index in [4.69, 9.17) is 4.74 Å². The molecular formula is C22H26N2O2S. The molecule has 0 spiro atoms. The van der Waals surface area contributed by atoms with Crippen LogP contribution in [0, 0.1) is 0 Å². The molecule has 1 fully saturated rings. The van der Waals surface area contributed by atoms with E-state index in [2.05, 4.69) is 41.4 Å². The Labute approximate surface area is 165 Å². The standard InChI is InChI=1S/C22H26N2O2S/c1-17(24-13-15-26-16-14-24)19-6-8-20(9-7-19)23-22(25)12-5-18-3-10-21(27-2)11-4-18/h3-12,17H,13-16H2,1-2H3,(H,23,25)/b12-5+. The van der Waals surface area contributed by atoms with Crippen molar-refractivity contribution in [3.8, 4) is 0 Å². The first-order valence-electron chi connectivity index (χ1n) is 9.20. The zero-order chi connectivity index (χ0) is 19.1. The summed E-state index contributed by atoms with van der Waals surface area (Å²) in [6.07, 6.45) is 5.44. The third kappa shape index (κ3) is 5.70. The highest BCUT2D eigenvalue weighted by Gasteiger charge is 2.18. The number of morpholine rings is 1. The zero-order valence-corrected chi connectivity index (χ0v) is 16.7. The smallest absolute Gasteiger partial charge is 0.248 e. The molecule has 1 N–H and O–H groups in total. The van der Waals surface area contributed by atoms with E-state index in [0.29, 0.717) is 6.04 Å². The van der Waals surface area contributed by atoms with E-state index < -0.39 is 0 Å². The average molecular weight is 383 g/mol. The Balaban J connectivity index is 1.55. The molecule has 2 aromatic carbocycles. The molecule has 0 saturated carbocycles. The van der Waals surface area contributed by atoms with Crippen molar-refractivity contribution in [1.29, 1.82) is 0 Å². The van der Waals surface area contributed by atoms with Crippen molar-refractivity contribution in [3.05, 3.63) is 65.7 Å². The molecule has 142 valence electrons. The van der Waals surface area contributed by atoms with Gasteiger partial charge in [0.15, 0.2) is 0 Å². The molecule has 0 bridgehead atoms. The largest absolute Gasteiger partial charge is 0.379 e. The molecule has 1 amide bonds. The minimum atomic E-state index is -0.127. The highest BCUT2D eigenvalue weighted by atomic mass is 32.2. The van der Waals surface area contributed by atoms with E-state index in [9.17, 15) is 4.79 Å². The first-order chi connectivity index (χ1) is 13.2. The van der Waals surface area contributed by atoms with E-state index in [-0.39, 0.29) is 5.91 Å². The van der Waals surface area contributed by atoms with Crippen LogP contribution in [0.4, 0.5) is 5.69 Å². The molecule has 27 heavy (non-hydrogen) atoms. The number of rotatable bonds is 6. The van der Waals surface area contributed by atoms with Crippen LogP contribution in [0.3, 0.4) is 0 Å². The molecule has 1 unspecified atom stereocenters. The lowest BCUT2D eigenvalue weighted by Crippen LogP contribution is -2.37. The van der Waals surface area contributed by atoms with Gasteiger partial charge in [0.25, 0.3) is 0 Å². The van der Waals surface area contributed by atoms with E-state index >= 15 is 0 Å². The third-order valence-corrected chi connectivity index (χ3v) is 5.54. The number of amides is 1. The number of nitrogens with one attached hydrogen (secondary N) is 1. The van der Waals surface area contributed by atoms with Gasteiger partial charge in [-0.3, -0.25) is 9.69 Å². The van der Waals surface area contributed by atoms with Crippen molar-refractivity contribution in [2.75, 3.05) is 37.9 Å². The lowest BCUT2D eigenvalue weighted by atomic mass is 10.1. The summed E-state index contributed by atoms with van der Waals surface area (Å²) in [6.45, 7) is 5.73. The highest BCUT2D eigenvalue weighted by Crippen LogP contribution is 2.22. The summed E-state index contributed by atoms with van der Waals surface area (Å²) in [5, 5.41) is 2.92. The van der Waals surface area contributed by atoms with Gasteiger partial charge in [-0.2, -0.15) is 0 Å². The van der Waals surface area contributed by atoms with Gasteiger partial charge in [0.05, 0.1) is 13.2 Å². The predicted octanol–water partition coefficient (Wildman–Crippen LogP) is 4.45. The monoisotopic (exact) mass is 382 g/mol. The van der Waals surface area contributed by atoms with Crippen molar-refractivity contribution in [2.24, 2.45) is 0 Å². The van der Waals surface area contributed by atoms with E-state index in [1.54, 1.807) is 17.8 Å². The van der Waals surface area contributed by atoms with Crippen LogP contribution in [-0.2, 0) is 9.53 Å². The van der Waals surface area contributed by atoms with Crippen LogP contribution in [-0.4, -0.2) is 43.4 Å². The molecular weight excluding hydrogens is 356 g/mol. The topological polar surface area (TPSA) is 41.6 Å². The van der Waals surface area contributed by atoms with Crippen LogP contribution >= 0.6 is 11.8 Å². The van der Waals surface area contributed by atoms with Crippen molar-refractivity contribution in [2.45, 2.75) is 17.9 Å². The van der Waals surface area contributed by atoms with Gasteiger partial charge in [-0.15, -0.1) is 11.8 Å². The number of hydrogen-bond acceptors (Lipinski definition) is 4. The molecule has 1 aliphatic heterocycles. The normalized spacial score (nSPS) is 16.4. The zero-order valence-electron chi connectivity index (χ0n) is 15.9. The average Bonchev–Trinajstić information content (AvgIpc) is 2.73. The van der Waals surface area contributed by atoms with Crippen molar-refractivity contribution in [3.63, 3.8) is 0 Å². The molecule has 1 aliphatic rings. The Morgan fingerprint density at radius 3 is 2.41 bits per heavy atom. The van der Waals surface area contributed by atoms with E-state index in [1.165, 1.54) is 10.5 Å². The first-order valence-corrected chi connectivity index (χ1v) is 10.4. The summed E-state index contributed by atoms with van der Waals surface area (Å²) in [5.74, 6) is -0.127. The minimum Gasteiger partial charge on any atom is -0.379 e. The van der Waals surface area contributed by atoms with Crippen molar-refractivity contribution < 1.29 is 9.53 Å². The Hall–Kier alpha value is -2.08. The maximum absolute atomic E-state index is 12.2. The molecule has 5 heteroatoms. The molecule has 1 heterocycles. The highest BCUT2D eigenvalue weighted by molar-refractivity contribution is 7.98. The maximum atomic E-state index is 12.2. The number of carbonyl (C=O) groups excluding carboxylic acids is 1. The molecule has 1 saturated heterocycles. The number of carbonyl (C=O) groups is 1. The Morgan fingerprint density at radius 2 is 1.78 bits per heavy atom. The predicted molar refractivity (Wildman–Crippen MR) is 113 cm³/mol. The summed E-state index contributed by atoms with van der Waals surface area (Å²) in [7, 11) is 0. The maximum Gasteiger partial charge on any atom is 0.248 e. The Bertz CT molecular complexity index is 766. The second kappa shape index (κ2) is 9.74. The Kier molecular flexibility index (Phi) is 7.10. The number of thioether (sulfide) groups is 1. The first kappa shape index (κ1) is 19.7. The fourth-order valence-electron chi connectivity index (χ4n) is 3.09. The molecule has 2 aromatic rings. The summed E-state index contributed by atoms with van der Waals surface area (Å²) in [5.41, 5.74) is 3.07. The van der Waals surface area contributed by atoms with Gasteiger partial charge < -0.3 is 10.1 Å². The fraction of sp³-hybridized carbons (Fsp3) is 0.318. The van der Waals surface area contributed by atoms with E-state index in [1.807, 2.05) is 36.6 Å². The van der Waals surface area contributed by atoms with Gasteiger partial charge in [0.2, 0.25) is 5.91 Å². The Morgan fingerprint density at radius 1 is 1.11 bits per heavy atom. The number of anilines is 1. The lowest BCUT2D eigenvalue weighted by Gasteiger charge is -2.32. The number of nitrogens with zero attached hydrogens (tertiary/aromatic N) is 1. The minimum absolute atomic E-state index is 0.127. The van der Waals surface area contributed by atoms with Gasteiger partial charge in [0, 0.05) is 35.8 Å². The molecule has 0 radical (unpaired) electrons. The van der Waals surface area contributed by atoms with Gasteiger partial charge in [-0.05, 0) is 54.6 Å². The van der Waals surface area contributed by atoms with Gasteiger partial charge in [-0.1, -0.05) is 24.3 Å². The van der Waals surface area contributed by atoms with E-state index in [0.717, 1.165) is 37.6 Å². The number of ether oxygens (including phenoxy) is 1. The quantitative estimate of drug-likeness (QED) is 0.592. The van der Waals surface area contributed by atoms with Crippen LogP contribution in [0.25, 0.3) is 6.08 Å². The third-order valence-electron chi connectivity index (χ3n) is 4.80. The van der Waals surface area contributed by atoms with Crippen LogP contribution in [0.15, 0.2) is 59.5 Å². The second-order valence-electron chi connectivity index (χ2n) is 6.54. The summed E-state index contributed by atoms with van der Waals surface area (Å²) >= 11 is 1.70. The molecule has 0 aromatic heterocycles. The summed E-state index contributed by atoms with van der Waals surface area (Å²) in [6, 6.07) is 16.6. The van der Waals surface area contributed by atoms with Crippen molar-refractivity contribution >= 4 is 29.4 Å². The van der Waals surface area contributed by atoms with Crippen molar-refractivity contribution in [1.82, 2.24) is 4.90 Å². The molecule has 1 atom stereocenters. The van der Waals surface area contributed by atoms with Gasteiger partial charge >= 0.3 is 0 Å². The number of hydrogen-bond donors (Lipinski definition) is 1. The molecule has 4 nitrogen and oxygen atoms in total.